The topological polar surface area (TPSA) is 25.0 Å². The maximum absolute atomic E-state index is 5.34. The number of H-pyrrole nitrogens is 1. The molecule has 0 unspecified atom stereocenters. The lowest BCUT2D eigenvalue weighted by Crippen LogP contribution is -1.80. The first-order chi connectivity index (χ1) is 10.8. The van der Waals surface area contributed by atoms with Gasteiger partial charge in [-0.1, -0.05) is 24.3 Å². The van der Waals surface area contributed by atoms with Crippen molar-refractivity contribution in [2.45, 2.75) is 0 Å². The highest BCUT2D eigenvalue weighted by Gasteiger charge is 2.12. The summed E-state index contributed by atoms with van der Waals surface area (Å²) in [5.41, 5.74) is 2.31. The van der Waals surface area contributed by atoms with Crippen LogP contribution >= 0.6 is 11.3 Å². The van der Waals surface area contributed by atoms with Gasteiger partial charge >= 0.3 is 0 Å². The van der Waals surface area contributed by atoms with E-state index in [1.165, 1.54) is 36.5 Å². The molecule has 2 nitrogen and oxygen atoms in total. The molecule has 1 N–H and O–H groups in total. The van der Waals surface area contributed by atoms with Gasteiger partial charge < -0.3 is 9.72 Å². The van der Waals surface area contributed by atoms with Gasteiger partial charge in [-0.05, 0) is 24.3 Å². The minimum atomic E-state index is 0.881. The van der Waals surface area contributed by atoms with E-state index in [0.717, 1.165) is 11.3 Å². The van der Waals surface area contributed by atoms with E-state index in [1.807, 2.05) is 17.4 Å². The smallest absolute Gasteiger partial charge is 0.120 e. The lowest BCUT2D eigenvalue weighted by atomic mass is 10.1. The number of hydrogen-bond donors (Lipinski definition) is 1. The summed E-state index contributed by atoms with van der Waals surface area (Å²) in [7, 11) is 1.70. The Morgan fingerprint density at radius 3 is 2.64 bits per heavy atom. The fourth-order valence-electron chi connectivity index (χ4n) is 3.28. The third kappa shape index (κ3) is 1.49. The zero-order valence-electron chi connectivity index (χ0n) is 12.0. The number of aromatic amines is 1. The first kappa shape index (κ1) is 12.1. The minimum Gasteiger partial charge on any atom is -0.497 e. The molecule has 0 aliphatic rings. The molecule has 0 amide bonds. The summed E-state index contributed by atoms with van der Waals surface area (Å²) in [6.07, 6.45) is 0. The highest BCUT2D eigenvalue weighted by atomic mass is 32.1. The van der Waals surface area contributed by atoms with E-state index >= 15 is 0 Å². The van der Waals surface area contributed by atoms with Crippen LogP contribution in [0, 0.1) is 0 Å². The lowest BCUT2D eigenvalue weighted by Gasteiger charge is -1.98. The summed E-state index contributed by atoms with van der Waals surface area (Å²) in [4.78, 5) is 3.52. The molecule has 3 heteroatoms. The first-order valence-electron chi connectivity index (χ1n) is 7.25. The predicted octanol–water partition coefficient (Wildman–Crippen LogP) is 5.70. The number of rotatable bonds is 1. The average molecular weight is 303 g/mol. The Balaban J connectivity index is 2.02. The van der Waals surface area contributed by atoms with E-state index in [1.54, 1.807) is 7.11 Å². The summed E-state index contributed by atoms with van der Waals surface area (Å²) in [5.74, 6) is 0.881. The normalized spacial score (nSPS) is 11.9. The molecule has 0 aliphatic heterocycles. The van der Waals surface area contributed by atoms with Crippen molar-refractivity contribution >= 4 is 53.3 Å². The number of fused-ring (bicyclic) bond motifs is 7. The number of nitrogens with one attached hydrogen (secondary N) is 1. The molecule has 0 saturated carbocycles. The first-order valence-corrected chi connectivity index (χ1v) is 8.06. The molecule has 22 heavy (non-hydrogen) atoms. The molecule has 2 aromatic heterocycles. The van der Waals surface area contributed by atoms with Gasteiger partial charge in [-0.2, -0.15) is 0 Å². The van der Waals surface area contributed by atoms with Crippen molar-refractivity contribution in [3.63, 3.8) is 0 Å². The van der Waals surface area contributed by atoms with Crippen LogP contribution in [0.1, 0.15) is 0 Å². The number of ether oxygens (including phenoxy) is 1. The van der Waals surface area contributed by atoms with E-state index in [4.69, 9.17) is 4.74 Å². The molecule has 0 aliphatic carbocycles. The largest absolute Gasteiger partial charge is 0.497 e. The van der Waals surface area contributed by atoms with Crippen molar-refractivity contribution in [2.24, 2.45) is 0 Å². The van der Waals surface area contributed by atoms with Crippen molar-refractivity contribution in [3.05, 3.63) is 54.6 Å². The molecule has 106 valence electrons. The average Bonchev–Trinajstić information content (AvgIpc) is 3.11. The van der Waals surface area contributed by atoms with Crippen LogP contribution in [0.25, 0.3) is 42.0 Å². The van der Waals surface area contributed by atoms with Gasteiger partial charge in [-0.25, -0.2) is 0 Å². The van der Waals surface area contributed by atoms with Gasteiger partial charge in [0.2, 0.25) is 0 Å². The zero-order valence-corrected chi connectivity index (χ0v) is 12.8. The van der Waals surface area contributed by atoms with Crippen LogP contribution in [-0.4, -0.2) is 12.1 Å². The SMILES string of the molecule is COc1ccc2c(c1)[nH]c1ccc3c4ccccc4sc3c12. The van der Waals surface area contributed by atoms with Crippen LogP contribution in [-0.2, 0) is 0 Å². The van der Waals surface area contributed by atoms with Gasteiger partial charge in [-0.3, -0.25) is 0 Å². The Kier molecular flexibility index (Phi) is 2.33. The third-order valence-corrected chi connectivity index (χ3v) is 5.52. The molecule has 2 heterocycles. The van der Waals surface area contributed by atoms with E-state index in [0.29, 0.717) is 0 Å². The van der Waals surface area contributed by atoms with E-state index < -0.39 is 0 Å². The van der Waals surface area contributed by atoms with E-state index in [-0.39, 0.29) is 0 Å². The lowest BCUT2D eigenvalue weighted by molar-refractivity contribution is 0.415. The summed E-state index contributed by atoms with van der Waals surface area (Å²) in [6, 6.07) is 19.3. The molecule has 0 atom stereocenters. The molecule has 0 bridgehead atoms. The van der Waals surface area contributed by atoms with Crippen LogP contribution in [0.3, 0.4) is 0 Å². The number of thiophene rings is 1. The van der Waals surface area contributed by atoms with Gasteiger partial charge in [0, 0.05) is 42.5 Å². The summed E-state index contributed by atoms with van der Waals surface area (Å²) >= 11 is 1.87. The zero-order chi connectivity index (χ0) is 14.7. The second kappa shape index (κ2) is 4.24. The second-order valence-corrected chi connectivity index (χ2v) is 6.55. The summed E-state index contributed by atoms with van der Waals surface area (Å²) in [6.45, 7) is 0. The number of aromatic nitrogens is 1. The summed E-state index contributed by atoms with van der Waals surface area (Å²) < 4.78 is 8.03. The molecule has 0 radical (unpaired) electrons. The van der Waals surface area contributed by atoms with Gasteiger partial charge in [-0.15, -0.1) is 11.3 Å². The predicted molar refractivity (Wildman–Crippen MR) is 95.2 cm³/mol. The molecule has 0 spiro atoms. The van der Waals surface area contributed by atoms with Crippen molar-refractivity contribution in [1.82, 2.24) is 4.98 Å². The second-order valence-electron chi connectivity index (χ2n) is 5.50. The fourth-order valence-corrected chi connectivity index (χ4v) is 4.54. The maximum Gasteiger partial charge on any atom is 0.120 e. The van der Waals surface area contributed by atoms with Gasteiger partial charge in [0.05, 0.1) is 12.6 Å². The Morgan fingerprint density at radius 2 is 1.73 bits per heavy atom. The minimum absolute atomic E-state index is 0.881. The Hall–Kier alpha value is -2.52. The summed E-state index contributed by atoms with van der Waals surface area (Å²) in [5, 5.41) is 5.25. The van der Waals surface area contributed by atoms with Crippen molar-refractivity contribution in [2.75, 3.05) is 7.11 Å². The molecule has 5 rings (SSSR count). The van der Waals surface area contributed by atoms with E-state index in [2.05, 4.69) is 53.5 Å². The molecule has 0 saturated heterocycles. The van der Waals surface area contributed by atoms with Gasteiger partial charge in [0.25, 0.3) is 0 Å². The Bertz CT molecular complexity index is 1170. The highest BCUT2D eigenvalue weighted by Crippen LogP contribution is 2.41. The van der Waals surface area contributed by atoms with Crippen LogP contribution in [0.4, 0.5) is 0 Å². The van der Waals surface area contributed by atoms with Gasteiger partial charge in [0.1, 0.15) is 5.75 Å². The van der Waals surface area contributed by atoms with Crippen LogP contribution < -0.4 is 4.74 Å². The van der Waals surface area contributed by atoms with Gasteiger partial charge in [0.15, 0.2) is 0 Å². The van der Waals surface area contributed by atoms with Crippen molar-refractivity contribution < 1.29 is 4.74 Å². The molecule has 5 aromatic rings. The quantitative estimate of drug-likeness (QED) is 0.422. The van der Waals surface area contributed by atoms with E-state index in [9.17, 15) is 0 Å². The van der Waals surface area contributed by atoms with Crippen LogP contribution in [0.5, 0.6) is 5.75 Å². The van der Waals surface area contributed by atoms with Crippen LogP contribution in [0.15, 0.2) is 54.6 Å². The number of methoxy groups -OCH3 is 1. The van der Waals surface area contributed by atoms with Crippen molar-refractivity contribution in [1.29, 1.82) is 0 Å². The third-order valence-electron chi connectivity index (χ3n) is 4.31. The number of hydrogen-bond acceptors (Lipinski definition) is 2. The molecule has 0 fully saturated rings. The highest BCUT2D eigenvalue weighted by molar-refractivity contribution is 7.26. The molecule has 3 aromatic carbocycles. The molecular weight excluding hydrogens is 290 g/mol. The number of benzene rings is 3. The Morgan fingerprint density at radius 1 is 0.864 bits per heavy atom. The fraction of sp³-hybridized carbons (Fsp3) is 0.0526. The van der Waals surface area contributed by atoms with Crippen LogP contribution in [0.2, 0.25) is 0 Å². The monoisotopic (exact) mass is 303 g/mol. The standard InChI is InChI=1S/C19H13NOS/c1-21-11-6-7-14-16(10-11)20-15-9-8-13-12-4-2-3-5-17(12)22-19(13)18(14)15/h2-10,20H,1H3. The Labute approximate surface area is 130 Å². The molecular formula is C19H13NOS. The maximum atomic E-state index is 5.34. The van der Waals surface area contributed by atoms with Crippen molar-refractivity contribution in [3.8, 4) is 5.75 Å².